The van der Waals surface area contributed by atoms with Crippen molar-refractivity contribution in [3.05, 3.63) is 70.9 Å². The molecule has 3 N–H and O–H groups in total. The Morgan fingerprint density at radius 3 is 2.37 bits per heavy atom. The topological polar surface area (TPSA) is 184 Å². The quantitative estimate of drug-likeness (QED) is 0.0827. The molecule has 0 bridgehead atoms. The molecule has 3 aromatic carbocycles. The number of ketones is 1. The Kier molecular flexibility index (Phi) is 10.0. The van der Waals surface area contributed by atoms with Crippen LogP contribution in [0, 0.1) is 0 Å². The van der Waals surface area contributed by atoms with E-state index in [1.54, 1.807) is 36.4 Å². The summed E-state index contributed by atoms with van der Waals surface area (Å²) < 4.78 is 32.4. The van der Waals surface area contributed by atoms with Crippen molar-refractivity contribution in [3.63, 3.8) is 0 Å². The number of nitrogens with zero attached hydrogens (tertiary/aromatic N) is 1. The van der Waals surface area contributed by atoms with Gasteiger partial charge in [-0.05, 0) is 30.2 Å². The molecule has 0 saturated carbocycles. The standard InChI is InChI=1S/C36H35BrN4O11/c1-36(34(45)50-5)32(43)27-26-20(14-37)16-41(33(44)21-11-19-12-24(47-2)30(48-3)31(49-4)28(19)39-21)22(26)13-23(29(27)40-36)52-25(42)15-38-35(46)51-17-18-9-7-6-8-10-18/h6-13,20,39-40H,14-17H2,1-5H3,(H,38,46)/t20-,36-/m1/s1. The number of aromatic nitrogens is 1. The number of H-pyrrole nitrogens is 1. The largest absolute Gasteiger partial charge is 0.493 e. The summed E-state index contributed by atoms with van der Waals surface area (Å²) in [5.74, 6) is -2.32. The minimum atomic E-state index is -1.85. The molecule has 1 aromatic heterocycles. The van der Waals surface area contributed by atoms with Gasteiger partial charge in [-0.3, -0.25) is 9.59 Å². The summed E-state index contributed by atoms with van der Waals surface area (Å²) in [7, 11) is 5.58. The summed E-state index contributed by atoms with van der Waals surface area (Å²) >= 11 is 3.53. The van der Waals surface area contributed by atoms with E-state index in [1.165, 1.54) is 39.2 Å². The Morgan fingerprint density at radius 2 is 1.71 bits per heavy atom. The first-order valence-corrected chi connectivity index (χ1v) is 17.1. The van der Waals surface area contributed by atoms with Crippen LogP contribution in [-0.2, 0) is 25.7 Å². The summed E-state index contributed by atoms with van der Waals surface area (Å²) in [6.07, 6.45) is -0.853. The van der Waals surface area contributed by atoms with Gasteiger partial charge in [0, 0.05) is 29.2 Å². The SMILES string of the molecule is COC(=O)[C@]1(C)Nc2c(OC(=O)CNC(=O)OCc3ccccc3)cc3c(c2C1=O)[C@H](CBr)CN3C(=O)c1cc2cc(OC)c(OC)c(OC)c2[nH]1. The highest BCUT2D eigenvalue weighted by Crippen LogP contribution is 2.52. The molecule has 272 valence electrons. The number of hydrogen-bond acceptors (Lipinski definition) is 12. The van der Waals surface area contributed by atoms with E-state index >= 15 is 0 Å². The van der Waals surface area contributed by atoms with Gasteiger partial charge in [0.1, 0.15) is 18.8 Å². The molecule has 0 aliphatic carbocycles. The van der Waals surface area contributed by atoms with E-state index in [-0.39, 0.29) is 41.5 Å². The van der Waals surface area contributed by atoms with Crippen LogP contribution in [0.1, 0.15) is 44.8 Å². The number of nitrogens with one attached hydrogen (secondary N) is 3. The van der Waals surface area contributed by atoms with Gasteiger partial charge >= 0.3 is 18.0 Å². The molecular weight excluding hydrogens is 744 g/mol. The van der Waals surface area contributed by atoms with Gasteiger partial charge in [0.15, 0.2) is 22.8 Å². The molecule has 0 radical (unpaired) electrons. The summed E-state index contributed by atoms with van der Waals surface area (Å²) in [6.45, 7) is 0.906. The highest BCUT2D eigenvalue weighted by molar-refractivity contribution is 9.09. The van der Waals surface area contributed by atoms with Crippen LogP contribution in [0.3, 0.4) is 0 Å². The number of hydrogen-bond donors (Lipinski definition) is 3. The lowest BCUT2D eigenvalue weighted by Gasteiger charge is -2.20. The fourth-order valence-corrected chi connectivity index (χ4v) is 6.98. The molecule has 2 amide bonds. The number of alkyl carbamates (subject to hydrolysis) is 1. The summed E-state index contributed by atoms with van der Waals surface area (Å²) in [4.78, 5) is 71.4. The van der Waals surface area contributed by atoms with E-state index in [9.17, 15) is 24.0 Å². The van der Waals surface area contributed by atoms with Gasteiger partial charge in [-0.25, -0.2) is 14.4 Å². The lowest BCUT2D eigenvalue weighted by atomic mass is 9.89. The van der Waals surface area contributed by atoms with Crippen LogP contribution in [0.2, 0.25) is 0 Å². The fraction of sp³-hybridized carbons (Fsp3) is 0.306. The van der Waals surface area contributed by atoms with E-state index in [4.69, 9.17) is 28.4 Å². The predicted octanol–water partition coefficient (Wildman–Crippen LogP) is 4.70. The van der Waals surface area contributed by atoms with Crippen molar-refractivity contribution in [1.29, 1.82) is 0 Å². The molecule has 15 nitrogen and oxygen atoms in total. The Morgan fingerprint density at radius 1 is 0.981 bits per heavy atom. The van der Waals surface area contributed by atoms with Gasteiger partial charge in [-0.1, -0.05) is 46.3 Å². The molecular formula is C36H35BrN4O11. The van der Waals surface area contributed by atoms with Crippen LogP contribution in [-0.4, -0.2) is 87.1 Å². The van der Waals surface area contributed by atoms with Crippen LogP contribution in [0.25, 0.3) is 10.9 Å². The van der Waals surface area contributed by atoms with Gasteiger partial charge in [-0.2, -0.15) is 0 Å². The molecule has 16 heteroatoms. The second kappa shape index (κ2) is 14.5. The van der Waals surface area contributed by atoms with Crippen molar-refractivity contribution < 1.29 is 52.4 Å². The zero-order valence-corrected chi connectivity index (χ0v) is 30.4. The van der Waals surface area contributed by atoms with Crippen molar-refractivity contribution in [3.8, 4) is 23.0 Å². The number of anilines is 2. The third kappa shape index (κ3) is 6.23. The van der Waals surface area contributed by atoms with E-state index in [0.717, 1.165) is 12.7 Å². The number of esters is 2. The number of benzene rings is 3. The predicted molar refractivity (Wildman–Crippen MR) is 191 cm³/mol. The van der Waals surface area contributed by atoms with Crippen molar-refractivity contribution >= 4 is 67.9 Å². The minimum absolute atomic E-state index is 0.0129. The Hall–Kier alpha value is -5.77. The molecule has 4 aromatic rings. The van der Waals surface area contributed by atoms with Gasteiger partial charge < -0.3 is 48.9 Å². The zero-order valence-electron chi connectivity index (χ0n) is 28.8. The number of aromatic amines is 1. The highest BCUT2D eigenvalue weighted by atomic mass is 79.9. The van der Waals surface area contributed by atoms with Crippen LogP contribution in [0.5, 0.6) is 23.0 Å². The monoisotopic (exact) mass is 778 g/mol. The second-order valence-electron chi connectivity index (χ2n) is 12.1. The van der Waals surface area contributed by atoms with Gasteiger partial charge in [0.05, 0.1) is 50.9 Å². The van der Waals surface area contributed by atoms with E-state index < -0.39 is 47.7 Å². The molecule has 0 unspecified atom stereocenters. The summed E-state index contributed by atoms with van der Waals surface area (Å²) in [5.41, 5.74) is 0.499. The lowest BCUT2D eigenvalue weighted by molar-refractivity contribution is -0.143. The van der Waals surface area contributed by atoms with Gasteiger partial charge in [0.2, 0.25) is 11.5 Å². The number of alkyl halides is 1. The molecule has 0 saturated heterocycles. The maximum absolute atomic E-state index is 14.3. The Bertz CT molecular complexity index is 2100. The smallest absolute Gasteiger partial charge is 0.407 e. The molecule has 2 aliphatic rings. The average molecular weight is 780 g/mol. The van der Waals surface area contributed by atoms with Gasteiger partial charge in [-0.15, -0.1) is 0 Å². The molecule has 2 atom stereocenters. The molecule has 2 aliphatic heterocycles. The molecule has 3 heterocycles. The van der Waals surface area contributed by atoms with Crippen LogP contribution in [0.15, 0.2) is 48.5 Å². The number of methoxy groups -OCH3 is 4. The second-order valence-corrected chi connectivity index (χ2v) is 12.7. The summed E-state index contributed by atoms with van der Waals surface area (Å²) in [6, 6.07) is 13.8. The normalized spacial score (nSPS) is 17.2. The number of amides is 2. The Balaban J connectivity index is 1.35. The average Bonchev–Trinajstić information content (AvgIpc) is 3.83. The third-order valence-corrected chi connectivity index (χ3v) is 9.74. The first kappa shape index (κ1) is 36.0. The number of rotatable bonds is 11. The van der Waals surface area contributed by atoms with Crippen LogP contribution >= 0.6 is 15.9 Å². The number of Topliss-reactive ketones (excluding diaryl/α,β-unsaturated/α-hetero) is 1. The number of carbonyl (C=O) groups is 5. The molecule has 6 rings (SSSR count). The number of fused-ring (bicyclic) bond motifs is 4. The third-order valence-electron chi connectivity index (χ3n) is 8.96. The summed E-state index contributed by atoms with van der Waals surface area (Å²) in [5, 5.41) is 6.22. The van der Waals surface area contributed by atoms with Crippen molar-refractivity contribution in [2.75, 3.05) is 57.1 Å². The number of ether oxygens (including phenoxy) is 6. The zero-order chi connectivity index (χ0) is 37.3. The first-order chi connectivity index (χ1) is 25.0. The number of halogens is 1. The van der Waals surface area contributed by atoms with E-state index in [2.05, 4.69) is 31.5 Å². The van der Waals surface area contributed by atoms with Crippen molar-refractivity contribution in [2.45, 2.75) is 25.0 Å². The van der Waals surface area contributed by atoms with Crippen LogP contribution < -0.4 is 34.5 Å². The highest BCUT2D eigenvalue weighted by Gasteiger charge is 2.53. The van der Waals surface area contributed by atoms with Crippen molar-refractivity contribution in [1.82, 2.24) is 10.3 Å². The van der Waals surface area contributed by atoms with E-state index in [1.807, 2.05) is 6.07 Å². The number of carbonyl (C=O) groups excluding carboxylic acids is 5. The first-order valence-electron chi connectivity index (χ1n) is 16.0. The maximum Gasteiger partial charge on any atom is 0.407 e. The fourth-order valence-electron chi connectivity index (χ4n) is 6.45. The maximum atomic E-state index is 14.3. The van der Waals surface area contributed by atoms with Crippen molar-refractivity contribution in [2.24, 2.45) is 0 Å². The van der Waals surface area contributed by atoms with Gasteiger partial charge in [0.25, 0.3) is 5.91 Å². The lowest BCUT2D eigenvalue weighted by Crippen LogP contribution is -2.47. The molecule has 0 spiro atoms. The van der Waals surface area contributed by atoms with Crippen LogP contribution in [0.4, 0.5) is 16.2 Å². The molecule has 52 heavy (non-hydrogen) atoms. The van der Waals surface area contributed by atoms with E-state index in [0.29, 0.717) is 39.0 Å². The molecule has 0 fully saturated rings. The Labute approximate surface area is 305 Å². The minimum Gasteiger partial charge on any atom is -0.493 e.